The molecule has 4 aromatic rings. The summed E-state index contributed by atoms with van der Waals surface area (Å²) in [7, 11) is 0. The molecule has 0 aliphatic carbocycles. The third-order valence-electron chi connectivity index (χ3n) is 7.01. The second kappa shape index (κ2) is 8.81. The van der Waals surface area contributed by atoms with Gasteiger partial charge in [-0.25, -0.2) is 23.3 Å². The van der Waals surface area contributed by atoms with Gasteiger partial charge in [0.2, 0.25) is 0 Å². The highest BCUT2D eigenvalue weighted by atomic mass is 32.1. The highest BCUT2D eigenvalue weighted by Crippen LogP contribution is 2.38. The molecule has 0 radical (unpaired) electrons. The van der Waals surface area contributed by atoms with E-state index >= 15 is 0 Å². The topological polar surface area (TPSA) is 92.6 Å². The van der Waals surface area contributed by atoms with Gasteiger partial charge in [-0.2, -0.15) is 0 Å². The predicted octanol–water partition coefficient (Wildman–Crippen LogP) is 4.54. The van der Waals surface area contributed by atoms with Gasteiger partial charge in [-0.3, -0.25) is 4.79 Å². The number of aromatic nitrogens is 4. The Bertz CT molecular complexity index is 1470. The number of likely N-dealkylation sites (tertiary alicyclic amines) is 1. The average molecular weight is 510 g/mol. The number of halogens is 2. The molecular formula is C25H25F2N7OS. The van der Waals surface area contributed by atoms with Gasteiger partial charge in [-0.1, -0.05) is 6.92 Å². The van der Waals surface area contributed by atoms with Crippen molar-refractivity contribution in [1.82, 2.24) is 24.5 Å². The zero-order valence-corrected chi connectivity index (χ0v) is 20.5. The molecule has 2 fully saturated rings. The average Bonchev–Trinajstić information content (AvgIpc) is 3.65. The highest BCUT2D eigenvalue weighted by molar-refractivity contribution is 7.13. The Labute approximate surface area is 210 Å². The molecule has 0 bridgehead atoms. The van der Waals surface area contributed by atoms with Gasteiger partial charge < -0.3 is 15.5 Å². The second-order valence-electron chi connectivity index (χ2n) is 9.51. The number of benzene rings is 1. The first-order valence-corrected chi connectivity index (χ1v) is 12.9. The summed E-state index contributed by atoms with van der Waals surface area (Å²) in [5, 5.41) is 6.69. The van der Waals surface area contributed by atoms with Gasteiger partial charge in [0.15, 0.2) is 11.5 Å². The first kappa shape index (κ1) is 22.8. The SMILES string of the molecule is C[C@H]1CCN(C(=O)c2csc(-c3c(N)nn4ccc(N5CCCC5c5cc(F)ccc5F)nc34)n2)C1. The first-order chi connectivity index (χ1) is 17.4. The zero-order chi connectivity index (χ0) is 25.0. The number of fused-ring (bicyclic) bond motifs is 1. The Hall–Kier alpha value is -3.60. The largest absolute Gasteiger partial charge is 0.382 e. The number of hydrogen-bond donors (Lipinski definition) is 1. The molecule has 0 spiro atoms. The van der Waals surface area contributed by atoms with Gasteiger partial charge >= 0.3 is 0 Å². The Morgan fingerprint density at radius 2 is 2.03 bits per heavy atom. The van der Waals surface area contributed by atoms with Crippen LogP contribution in [0.4, 0.5) is 20.4 Å². The summed E-state index contributed by atoms with van der Waals surface area (Å²) in [4.78, 5) is 26.1. The number of rotatable bonds is 4. The lowest BCUT2D eigenvalue weighted by atomic mass is 10.0. The van der Waals surface area contributed by atoms with Crippen molar-refractivity contribution in [3.63, 3.8) is 0 Å². The molecule has 2 saturated heterocycles. The molecule has 2 aliphatic rings. The van der Waals surface area contributed by atoms with Gasteiger partial charge in [-0.15, -0.1) is 16.4 Å². The van der Waals surface area contributed by atoms with Crippen LogP contribution < -0.4 is 10.6 Å². The van der Waals surface area contributed by atoms with Crippen LogP contribution >= 0.6 is 11.3 Å². The number of carbonyl (C=O) groups excluding carboxylic acids is 1. The summed E-state index contributed by atoms with van der Waals surface area (Å²) < 4.78 is 30.0. The minimum Gasteiger partial charge on any atom is -0.382 e. The van der Waals surface area contributed by atoms with Gasteiger partial charge in [0.05, 0.1) is 11.6 Å². The van der Waals surface area contributed by atoms with Crippen LogP contribution in [0.2, 0.25) is 0 Å². The Kier molecular flexibility index (Phi) is 5.59. The minimum atomic E-state index is -0.468. The van der Waals surface area contributed by atoms with Crippen molar-refractivity contribution in [2.45, 2.75) is 32.2 Å². The maximum absolute atomic E-state index is 14.6. The molecule has 5 heterocycles. The van der Waals surface area contributed by atoms with Crippen molar-refractivity contribution in [3.05, 3.63) is 58.7 Å². The van der Waals surface area contributed by atoms with Crippen LogP contribution in [0.25, 0.3) is 16.2 Å². The lowest BCUT2D eigenvalue weighted by molar-refractivity contribution is 0.0783. The summed E-state index contributed by atoms with van der Waals surface area (Å²) in [6, 6.07) is 5.02. The molecule has 6 rings (SSSR count). The number of nitrogen functional groups attached to an aromatic ring is 1. The number of thiazole rings is 1. The van der Waals surface area contributed by atoms with Crippen molar-refractivity contribution in [2.75, 3.05) is 30.3 Å². The fourth-order valence-electron chi connectivity index (χ4n) is 5.20. The lowest BCUT2D eigenvalue weighted by Gasteiger charge is -2.26. The molecule has 1 unspecified atom stereocenters. The molecule has 2 atom stereocenters. The van der Waals surface area contributed by atoms with Crippen LogP contribution in [0, 0.1) is 17.6 Å². The van der Waals surface area contributed by atoms with Gasteiger partial charge in [-0.05, 0) is 49.4 Å². The highest BCUT2D eigenvalue weighted by Gasteiger charge is 2.31. The second-order valence-corrected chi connectivity index (χ2v) is 10.4. The smallest absolute Gasteiger partial charge is 0.273 e. The van der Waals surface area contributed by atoms with Gasteiger partial charge in [0.25, 0.3) is 5.91 Å². The molecule has 1 aromatic carbocycles. The summed E-state index contributed by atoms with van der Waals surface area (Å²) >= 11 is 1.33. The molecule has 11 heteroatoms. The van der Waals surface area contributed by atoms with Crippen molar-refractivity contribution < 1.29 is 13.6 Å². The van der Waals surface area contributed by atoms with E-state index in [1.807, 2.05) is 9.80 Å². The molecule has 36 heavy (non-hydrogen) atoms. The first-order valence-electron chi connectivity index (χ1n) is 12.0. The van der Waals surface area contributed by atoms with E-state index in [-0.39, 0.29) is 17.8 Å². The van der Waals surface area contributed by atoms with E-state index in [9.17, 15) is 13.6 Å². The van der Waals surface area contributed by atoms with E-state index in [1.54, 1.807) is 22.2 Å². The summed E-state index contributed by atoms with van der Waals surface area (Å²) in [5.74, 6) is 0.384. The number of nitrogens with two attached hydrogens (primary N) is 1. The van der Waals surface area contributed by atoms with Crippen LogP contribution in [0.5, 0.6) is 0 Å². The molecule has 1 amide bonds. The van der Waals surface area contributed by atoms with Crippen LogP contribution in [-0.4, -0.2) is 50.0 Å². The van der Waals surface area contributed by atoms with Crippen LogP contribution in [0.1, 0.15) is 48.3 Å². The molecule has 2 aliphatic heterocycles. The predicted molar refractivity (Wildman–Crippen MR) is 134 cm³/mol. The van der Waals surface area contributed by atoms with Crippen LogP contribution in [0.3, 0.4) is 0 Å². The lowest BCUT2D eigenvalue weighted by Crippen LogP contribution is -2.28. The molecule has 186 valence electrons. The fraction of sp³-hybridized carbons (Fsp3) is 0.360. The third kappa shape index (κ3) is 3.87. The van der Waals surface area contributed by atoms with E-state index in [0.29, 0.717) is 52.2 Å². The Morgan fingerprint density at radius 1 is 1.17 bits per heavy atom. The fourth-order valence-corrected chi connectivity index (χ4v) is 6.05. The summed E-state index contributed by atoms with van der Waals surface area (Å²) in [6.07, 6.45) is 4.26. The zero-order valence-electron chi connectivity index (χ0n) is 19.7. The Balaban J connectivity index is 1.35. The normalized spacial score (nSPS) is 20.1. The number of carbonyl (C=O) groups is 1. The summed E-state index contributed by atoms with van der Waals surface area (Å²) in [5.41, 5.74) is 8.03. The van der Waals surface area contributed by atoms with Crippen molar-refractivity contribution in [3.8, 4) is 10.6 Å². The van der Waals surface area contributed by atoms with E-state index in [1.165, 1.54) is 17.4 Å². The van der Waals surface area contributed by atoms with Crippen LogP contribution in [-0.2, 0) is 0 Å². The Morgan fingerprint density at radius 3 is 2.83 bits per heavy atom. The molecular weight excluding hydrogens is 484 g/mol. The molecule has 8 nitrogen and oxygen atoms in total. The molecule has 2 N–H and O–H groups in total. The van der Waals surface area contributed by atoms with Crippen molar-refractivity contribution in [2.24, 2.45) is 5.92 Å². The van der Waals surface area contributed by atoms with E-state index in [0.717, 1.165) is 38.1 Å². The number of hydrogen-bond acceptors (Lipinski definition) is 7. The minimum absolute atomic E-state index is 0.0810. The summed E-state index contributed by atoms with van der Waals surface area (Å²) in [6.45, 7) is 4.27. The van der Waals surface area contributed by atoms with E-state index < -0.39 is 11.6 Å². The quantitative estimate of drug-likeness (QED) is 0.434. The van der Waals surface area contributed by atoms with Crippen molar-refractivity contribution >= 4 is 34.5 Å². The molecule has 0 saturated carbocycles. The van der Waals surface area contributed by atoms with E-state index in [4.69, 9.17) is 10.7 Å². The van der Waals surface area contributed by atoms with E-state index in [2.05, 4.69) is 17.0 Å². The molecule has 3 aromatic heterocycles. The monoisotopic (exact) mass is 509 g/mol. The van der Waals surface area contributed by atoms with Crippen LogP contribution in [0.15, 0.2) is 35.8 Å². The standard InChI is InChI=1S/C25H25F2N7OS/c1-14-6-9-32(12-14)25(35)18-13-36-24(29-18)21-22(28)31-34-10-7-20(30-23(21)34)33-8-2-3-19(33)16-11-15(26)4-5-17(16)27/h4-5,7,10-11,13-14,19H,2-3,6,8-9,12H2,1H3,(H2,28,31)/t14-,19?/m0/s1. The maximum Gasteiger partial charge on any atom is 0.273 e. The third-order valence-corrected chi connectivity index (χ3v) is 7.87. The van der Waals surface area contributed by atoms with Gasteiger partial charge in [0.1, 0.15) is 28.2 Å². The number of amides is 1. The van der Waals surface area contributed by atoms with Gasteiger partial charge in [0, 0.05) is 36.8 Å². The number of nitrogens with zero attached hydrogens (tertiary/aromatic N) is 6. The maximum atomic E-state index is 14.6. The number of anilines is 2. The van der Waals surface area contributed by atoms with Crippen molar-refractivity contribution in [1.29, 1.82) is 0 Å².